The molecule has 2 heterocycles. The molecule has 2 fully saturated rings. The molecule has 2 aliphatic heterocycles. The first-order valence-electron chi connectivity index (χ1n) is 9.87. The molecule has 0 aromatic heterocycles. The zero-order valence-electron chi connectivity index (χ0n) is 15.6. The Morgan fingerprint density at radius 1 is 0.929 bits per heavy atom. The summed E-state index contributed by atoms with van der Waals surface area (Å²) in [6.07, 6.45) is 5.35. The number of nitrogens with one attached hydrogen (secondary N) is 1. The first-order valence-corrected chi connectivity index (χ1v) is 12.0. The minimum Gasteiger partial charge on any atom is -0.448 e. The molecule has 1 saturated heterocycles. The lowest BCUT2D eigenvalue weighted by Crippen LogP contribution is -2.40. The zero-order chi connectivity index (χ0) is 19.0. The van der Waals surface area contributed by atoms with E-state index in [0.717, 1.165) is 42.9 Å². The Morgan fingerprint density at radius 2 is 1.64 bits per heavy atom. The van der Waals surface area contributed by atoms with E-state index >= 15 is 0 Å². The Labute approximate surface area is 173 Å². The first-order chi connectivity index (χ1) is 13.7. The van der Waals surface area contributed by atoms with Crippen LogP contribution in [0.4, 0.5) is 5.69 Å². The molecule has 6 heteroatoms. The molecular formula is C22H23NO3S2. The van der Waals surface area contributed by atoms with Gasteiger partial charge in [0.2, 0.25) is 0 Å². The summed E-state index contributed by atoms with van der Waals surface area (Å²) in [6.45, 7) is 0. The van der Waals surface area contributed by atoms with Gasteiger partial charge in [0.05, 0.1) is 4.58 Å². The molecule has 4 nitrogen and oxygen atoms in total. The van der Waals surface area contributed by atoms with E-state index in [9.17, 15) is 4.79 Å². The SMILES string of the molecule is O=C(Nc1ccc2c(c1)OC1(CCCCC1)O2)c1ccc(C2SCCS2)cc1. The monoisotopic (exact) mass is 413 g/mol. The molecule has 0 unspecified atom stereocenters. The molecule has 1 spiro atoms. The maximum absolute atomic E-state index is 12.6. The van der Waals surface area contributed by atoms with Gasteiger partial charge in [0.15, 0.2) is 11.5 Å². The molecule has 1 aliphatic carbocycles. The maximum atomic E-state index is 12.6. The van der Waals surface area contributed by atoms with Crippen LogP contribution in [0, 0.1) is 0 Å². The van der Waals surface area contributed by atoms with Gasteiger partial charge in [-0.25, -0.2) is 0 Å². The largest absolute Gasteiger partial charge is 0.448 e. The third-order valence-electron chi connectivity index (χ3n) is 5.48. The van der Waals surface area contributed by atoms with Crippen molar-refractivity contribution in [2.45, 2.75) is 42.5 Å². The van der Waals surface area contributed by atoms with Crippen molar-refractivity contribution in [3.8, 4) is 11.5 Å². The highest BCUT2D eigenvalue weighted by molar-refractivity contribution is 8.19. The van der Waals surface area contributed by atoms with Gasteiger partial charge in [-0.15, -0.1) is 23.5 Å². The van der Waals surface area contributed by atoms with Crippen molar-refractivity contribution in [3.05, 3.63) is 53.6 Å². The highest BCUT2D eigenvalue weighted by Gasteiger charge is 2.42. The summed E-state index contributed by atoms with van der Waals surface area (Å²) >= 11 is 3.94. The van der Waals surface area contributed by atoms with Gasteiger partial charge in [0.1, 0.15) is 0 Å². The lowest BCUT2D eigenvalue weighted by Gasteiger charge is -2.31. The average Bonchev–Trinajstić information content (AvgIpc) is 3.36. The molecule has 0 atom stereocenters. The Bertz CT molecular complexity index is 872. The van der Waals surface area contributed by atoms with Crippen molar-refractivity contribution >= 4 is 35.1 Å². The number of thioether (sulfide) groups is 2. The maximum Gasteiger partial charge on any atom is 0.255 e. The van der Waals surface area contributed by atoms with E-state index in [2.05, 4.69) is 17.4 Å². The fourth-order valence-electron chi connectivity index (χ4n) is 4.01. The number of benzene rings is 2. The summed E-state index contributed by atoms with van der Waals surface area (Å²) in [4.78, 5) is 12.6. The van der Waals surface area contributed by atoms with Gasteiger partial charge in [0, 0.05) is 41.7 Å². The summed E-state index contributed by atoms with van der Waals surface area (Å²) in [5.41, 5.74) is 2.68. The van der Waals surface area contributed by atoms with Crippen LogP contribution >= 0.6 is 23.5 Å². The minimum absolute atomic E-state index is 0.107. The van der Waals surface area contributed by atoms with Crippen LogP contribution in [-0.4, -0.2) is 23.2 Å². The number of hydrogen-bond acceptors (Lipinski definition) is 5. The molecule has 1 N–H and O–H groups in total. The third-order valence-corrected chi connectivity index (χ3v) is 8.58. The highest BCUT2D eigenvalue weighted by Crippen LogP contribution is 2.47. The Kier molecular flexibility index (Phi) is 4.93. The van der Waals surface area contributed by atoms with Crippen LogP contribution < -0.4 is 14.8 Å². The Morgan fingerprint density at radius 3 is 2.39 bits per heavy atom. The first kappa shape index (κ1) is 18.3. The molecule has 2 aromatic carbocycles. The summed E-state index contributed by atoms with van der Waals surface area (Å²) < 4.78 is 12.8. The number of anilines is 1. The summed E-state index contributed by atoms with van der Waals surface area (Å²) in [5, 5.41) is 2.98. The average molecular weight is 414 g/mol. The molecule has 146 valence electrons. The third kappa shape index (κ3) is 3.60. The topological polar surface area (TPSA) is 47.6 Å². The van der Waals surface area contributed by atoms with Gasteiger partial charge in [-0.3, -0.25) is 4.79 Å². The predicted octanol–water partition coefficient (Wildman–Crippen LogP) is 5.85. The van der Waals surface area contributed by atoms with Crippen LogP contribution in [-0.2, 0) is 0 Å². The van der Waals surface area contributed by atoms with E-state index in [-0.39, 0.29) is 5.91 Å². The van der Waals surface area contributed by atoms with Gasteiger partial charge < -0.3 is 14.8 Å². The van der Waals surface area contributed by atoms with Crippen LogP contribution in [0.5, 0.6) is 11.5 Å². The molecule has 2 aromatic rings. The van der Waals surface area contributed by atoms with E-state index in [1.54, 1.807) is 0 Å². The number of hydrogen-bond donors (Lipinski definition) is 1. The van der Waals surface area contributed by atoms with Crippen molar-refractivity contribution in [3.63, 3.8) is 0 Å². The lowest BCUT2D eigenvalue weighted by molar-refractivity contribution is -0.105. The summed E-state index contributed by atoms with van der Waals surface area (Å²) in [7, 11) is 0. The van der Waals surface area contributed by atoms with Crippen LogP contribution in [0.1, 0.15) is 52.6 Å². The second-order valence-electron chi connectivity index (χ2n) is 7.49. The second kappa shape index (κ2) is 7.56. The van der Waals surface area contributed by atoms with Crippen molar-refractivity contribution in [1.82, 2.24) is 0 Å². The van der Waals surface area contributed by atoms with E-state index in [0.29, 0.717) is 10.1 Å². The lowest BCUT2D eigenvalue weighted by atomic mass is 9.94. The smallest absolute Gasteiger partial charge is 0.255 e. The molecule has 5 rings (SSSR count). The van der Waals surface area contributed by atoms with Gasteiger partial charge >= 0.3 is 0 Å². The number of amides is 1. The normalized spacial score (nSPS) is 20.4. The standard InChI is InChI=1S/C22H23NO3S2/c24-20(15-4-6-16(7-5-15)21-27-12-13-28-21)23-17-8-9-18-19(14-17)26-22(25-18)10-2-1-3-11-22/h4-9,14,21H,1-3,10-13H2,(H,23,24). The Balaban J connectivity index is 1.27. The molecule has 3 aliphatic rings. The second-order valence-corrected chi connectivity index (χ2v) is 10.2. The van der Waals surface area contributed by atoms with Crippen LogP contribution in [0.25, 0.3) is 0 Å². The summed E-state index contributed by atoms with van der Waals surface area (Å²) in [5.74, 6) is 3.30. The number of ether oxygens (including phenoxy) is 2. The molecule has 1 saturated carbocycles. The van der Waals surface area contributed by atoms with Gasteiger partial charge in [-0.1, -0.05) is 18.6 Å². The Hall–Kier alpha value is -1.79. The number of carbonyl (C=O) groups excluding carboxylic acids is 1. The predicted molar refractivity (Wildman–Crippen MR) is 116 cm³/mol. The molecule has 1 amide bonds. The van der Waals surface area contributed by atoms with Gasteiger partial charge in [-0.2, -0.15) is 0 Å². The molecular weight excluding hydrogens is 390 g/mol. The highest BCUT2D eigenvalue weighted by atomic mass is 32.2. The molecule has 0 radical (unpaired) electrons. The fraction of sp³-hybridized carbons (Fsp3) is 0.409. The van der Waals surface area contributed by atoms with Crippen LogP contribution in [0.2, 0.25) is 0 Å². The minimum atomic E-state index is -0.491. The number of fused-ring (bicyclic) bond motifs is 1. The van der Waals surface area contributed by atoms with E-state index in [1.165, 1.54) is 23.5 Å². The van der Waals surface area contributed by atoms with E-state index in [4.69, 9.17) is 9.47 Å². The van der Waals surface area contributed by atoms with Crippen molar-refractivity contribution < 1.29 is 14.3 Å². The molecule has 0 bridgehead atoms. The van der Waals surface area contributed by atoms with Gasteiger partial charge in [0.25, 0.3) is 11.7 Å². The van der Waals surface area contributed by atoms with E-state index < -0.39 is 5.79 Å². The van der Waals surface area contributed by atoms with Crippen molar-refractivity contribution in [1.29, 1.82) is 0 Å². The zero-order valence-corrected chi connectivity index (χ0v) is 17.2. The number of carbonyl (C=O) groups is 1. The van der Waals surface area contributed by atoms with Crippen LogP contribution in [0.15, 0.2) is 42.5 Å². The van der Waals surface area contributed by atoms with Crippen molar-refractivity contribution in [2.24, 2.45) is 0 Å². The van der Waals surface area contributed by atoms with Gasteiger partial charge in [-0.05, 0) is 42.7 Å². The number of rotatable bonds is 3. The molecule has 28 heavy (non-hydrogen) atoms. The van der Waals surface area contributed by atoms with Crippen molar-refractivity contribution in [2.75, 3.05) is 16.8 Å². The quantitative estimate of drug-likeness (QED) is 0.684. The summed E-state index contributed by atoms with van der Waals surface area (Å²) in [6, 6.07) is 13.6. The van der Waals surface area contributed by atoms with E-state index in [1.807, 2.05) is 53.9 Å². The fourth-order valence-corrected chi connectivity index (χ4v) is 6.87. The van der Waals surface area contributed by atoms with Crippen LogP contribution in [0.3, 0.4) is 0 Å².